The van der Waals surface area contributed by atoms with Crippen molar-refractivity contribution in [3.63, 3.8) is 0 Å². The number of rotatable bonds is 4. The standard InChI is InChI=1S/C25H14F5OS/c26-21-18(22(27)24(29)25(30)23(21)28)13-31-14-9-11-15(12-10-14)32-19-7-3-1-5-16(19)17-6-2-4-8-20(17)32/h1-12H,13H2/q+1. The molecule has 1 heterocycles. The predicted octanol–water partition coefficient (Wildman–Crippen LogP) is 8.01. The first kappa shape index (κ1) is 20.5. The normalized spacial score (nSPS) is 11.4. The van der Waals surface area contributed by atoms with E-state index in [1.807, 2.05) is 36.4 Å². The second kappa shape index (κ2) is 7.91. The molecule has 0 radical (unpaired) electrons. The summed E-state index contributed by atoms with van der Waals surface area (Å²) in [6.45, 7) is -0.789. The van der Waals surface area contributed by atoms with E-state index < -0.39 is 41.3 Å². The van der Waals surface area contributed by atoms with E-state index in [4.69, 9.17) is 4.74 Å². The summed E-state index contributed by atoms with van der Waals surface area (Å²) in [6, 6.07) is 23.3. The molecule has 0 aliphatic rings. The van der Waals surface area contributed by atoms with Crippen molar-refractivity contribution in [2.75, 3.05) is 0 Å². The Bertz CT molecular complexity index is 1390. The zero-order valence-electron chi connectivity index (χ0n) is 16.3. The van der Waals surface area contributed by atoms with Gasteiger partial charge >= 0.3 is 0 Å². The van der Waals surface area contributed by atoms with Crippen LogP contribution < -0.4 is 4.74 Å². The molecule has 4 aromatic carbocycles. The average Bonchev–Trinajstić information content (AvgIpc) is 3.16. The van der Waals surface area contributed by atoms with E-state index >= 15 is 0 Å². The van der Waals surface area contributed by atoms with Crippen molar-refractivity contribution in [2.24, 2.45) is 0 Å². The van der Waals surface area contributed by atoms with E-state index in [0.717, 1.165) is 4.90 Å². The monoisotopic (exact) mass is 457 g/mol. The molecule has 5 rings (SSSR count). The highest BCUT2D eigenvalue weighted by molar-refractivity contribution is 7.50. The van der Waals surface area contributed by atoms with Gasteiger partial charge < -0.3 is 4.74 Å². The van der Waals surface area contributed by atoms with Gasteiger partial charge in [0, 0.05) is 33.4 Å². The summed E-state index contributed by atoms with van der Waals surface area (Å²) in [5.74, 6) is -9.69. The molecule has 0 aliphatic heterocycles. The molecule has 0 bridgehead atoms. The number of fused-ring (bicyclic) bond motifs is 3. The maximum absolute atomic E-state index is 13.9. The Kier molecular flexibility index (Phi) is 5.06. The number of thiophene rings is 1. The van der Waals surface area contributed by atoms with Crippen LogP contribution in [0.2, 0.25) is 0 Å². The molecule has 0 atom stereocenters. The van der Waals surface area contributed by atoms with Gasteiger partial charge in [0.1, 0.15) is 12.4 Å². The quantitative estimate of drug-likeness (QED) is 0.115. The van der Waals surface area contributed by atoms with Crippen LogP contribution in [0.4, 0.5) is 22.0 Å². The fourth-order valence-corrected chi connectivity index (χ4v) is 6.09. The Hall–Kier alpha value is -3.45. The lowest BCUT2D eigenvalue weighted by molar-refractivity contribution is 0.279. The van der Waals surface area contributed by atoms with Crippen molar-refractivity contribution < 1.29 is 26.7 Å². The molecule has 1 aromatic heterocycles. The van der Waals surface area contributed by atoms with Crippen molar-refractivity contribution in [3.8, 4) is 10.6 Å². The summed E-state index contributed by atoms with van der Waals surface area (Å²) in [5, 5.41) is 2.36. The third-order valence-corrected chi connectivity index (χ3v) is 7.58. The van der Waals surface area contributed by atoms with Crippen molar-refractivity contribution in [1.82, 2.24) is 0 Å². The summed E-state index contributed by atoms with van der Waals surface area (Å²) >= 11 is 0. The van der Waals surface area contributed by atoms with E-state index in [-0.39, 0.29) is 16.2 Å². The van der Waals surface area contributed by atoms with E-state index in [9.17, 15) is 22.0 Å². The second-order valence-corrected chi connectivity index (χ2v) is 9.07. The van der Waals surface area contributed by atoms with E-state index in [1.54, 1.807) is 12.1 Å². The van der Waals surface area contributed by atoms with Crippen LogP contribution in [-0.4, -0.2) is 0 Å². The van der Waals surface area contributed by atoms with Gasteiger partial charge in [-0.3, -0.25) is 0 Å². The molecule has 32 heavy (non-hydrogen) atoms. The maximum Gasteiger partial charge on any atom is 0.200 e. The summed E-state index contributed by atoms with van der Waals surface area (Å²) in [5.41, 5.74) is -1.01. The number of halogens is 5. The molecule has 0 fully saturated rings. The SMILES string of the molecule is Fc1c(F)c(F)c(COc2ccc(-[s+]3c4ccccc4c4ccccc43)cc2)c(F)c1F. The number of ether oxygens (including phenoxy) is 1. The third kappa shape index (κ3) is 3.20. The third-order valence-electron chi connectivity index (χ3n) is 5.25. The van der Waals surface area contributed by atoms with Crippen LogP contribution >= 0.6 is 10.5 Å². The Labute approximate surface area is 182 Å². The smallest absolute Gasteiger partial charge is 0.200 e. The predicted molar refractivity (Wildman–Crippen MR) is 116 cm³/mol. The average molecular weight is 457 g/mol. The fraction of sp³-hybridized carbons (Fsp3) is 0.0400. The highest BCUT2D eigenvalue weighted by Crippen LogP contribution is 2.48. The summed E-state index contributed by atoms with van der Waals surface area (Å²) in [7, 11) is -0.321. The molecule has 7 heteroatoms. The fourth-order valence-electron chi connectivity index (χ4n) is 3.71. The summed E-state index contributed by atoms with van der Waals surface area (Å²) < 4.78 is 75.4. The Morgan fingerprint density at radius 1 is 0.562 bits per heavy atom. The molecule has 0 amide bonds. The van der Waals surface area contributed by atoms with Gasteiger partial charge in [-0.1, -0.05) is 24.3 Å². The van der Waals surface area contributed by atoms with Crippen molar-refractivity contribution in [2.45, 2.75) is 6.61 Å². The zero-order chi connectivity index (χ0) is 22.4. The van der Waals surface area contributed by atoms with E-state index in [1.165, 1.54) is 20.2 Å². The molecule has 0 unspecified atom stereocenters. The van der Waals surface area contributed by atoms with Crippen LogP contribution in [0.3, 0.4) is 0 Å². The minimum Gasteiger partial charge on any atom is -0.489 e. The Morgan fingerprint density at radius 2 is 1.03 bits per heavy atom. The van der Waals surface area contributed by atoms with Crippen LogP contribution in [0.1, 0.15) is 5.56 Å². The van der Waals surface area contributed by atoms with Crippen LogP contribution in [-0.2, 0) is 6.61 Å². The Balaban J connectivity index is 1.48. The summed E-state index contributed by atoms with van der Waals surface area (Å²) in [6.07, 6.45) is 0. The first-order chi connectivity index (χ1) is 15.5. The zero-order valence-corrected chi connectivity index (χ0v) is 17.2. The van der Waals surface area contributed by atoms with Crippen LogP contribution in [0, 0.1) is 29.1 Å². The number of hydrogen-bond donors (Lipinski definition) is 0. The van der Waals surface area contributed by atoms with E-state index in [2.05, 4.69) is 24.3 Å². The van der Waals surface area contributed by atoms with Crippen molar-refractivity contribution >= 4 is 30.6 Å². The lowest BCUT2D eigenvalue weighted by Gasteiger charge is -2.10. The molecule has 160 valence electrons. The molecule has 5 aromatic rings. The highest BCUT2D eigenvalue weighted by Gasteiger charge is 2.26. The lowest BCUT2D eigenvalue weighted by Crippen LogP contribution is -2.09. The van der Waals surface area contributed by atoms with Gasteiger partial charge in [0.15, 0.2) is 37.6 Å². The van der Waals surface area contributed by atoms with E-state index in [0.29, 0.717) is 0 Å². The summed E-state index contributed by atoms with van der Waals surface area (Å²) in [4.78, 5) is 1.02. The number of benzene rings is 4. The minimum absolute atomic E-state index is 0.252. The first-order valence-corrected chi connectivity index (χ1v) is 10.9. The maximum atomic E-state index is 13.9. The Morgan fingerprint density at radius 3 is 1.56 bits per heavy atom. The molecule has 1 nitrogen and oxygen atoms in total. The van der Waals surface area contributed by atoms with Gasteiger partial charge in [-0.2, -0.15) is 0 Å². The van der Waals surface area contributed by atoms with Gasteiger partial charge in [0.05, 0.1) is 5.56 Å². The first-order valence-electron chi connectivity index (χ1n) is 9.63. The van der Waals surface area contributed by atoms with Gasteiger partial charge in [0.2, 0.25) is 5.82 Å². The van der Waals surface area contributed by atoms with Gasteiger partial charge in [-0.25, -0.2) is 22.0 Å². The van der Waals surface area contributed by atoms with Crippen LogP contribution in [0.5, 0.6) is 5.75 Å². The minimum atomic E-state index is -2.19. The van der Waals surface area contributed by atoms with Crippen LogP contribution in [0.15, 0.2) is 72.8 Å². The molecule has 0 N–H and O–H groups in total. The second-order valence-electron chi connectivity index (χ2n) is 7.11. The lowest BCUT2D eigenvalue weighted by atomic mass is 10.2. The van der Waals surface area contributed by atoms with Crippen LogP contribution in [0.25, 0.3) is 25.1 Å². The van der Waals surface area contributed by atoms with Gasteiger partial charge in [-0.15, -0.1) is 0 Å². The molecular formula is C25H14F5OS+. The number of hydrogen-bond acceptors (Lipinski definition) is 1. The largest absolute Gasteiger partial charge is 0.489 e. The molecule has 0 aliphatic carbocycles. The van der Waals surface area contributed by atoms with Crippen molar-refractivity contribution in [1.29, 1.82) is 0 Å². The topological polar surface area (TPSA) is 9.23 Å². The molecule has 0 saturated carbocycles. The highest BCUT2D eigenvalue weighted by atomic mass is 32.2. The van der Waals surface area contributed by atoms with Gasteiger partial charge in [-0.05, 0) is 36.4 Å². The van der Waals surface area contributed by atoms with Gasteiger partial charge in [0.25, 0.3) is 0 Å². The molecule has 0 saturated heterocycles. The molecular weight excluding hydrogens is 443 g/mol. The van der Waals surface area contributed by atoms with Crippen molar-refractivity contribution in [3.05, 3.63) is 107 Å². The molecule has 0 spiro atoms.